The molecule has 0 radical (unpaired) electrons. The van der Waals surface area contributed by atoms with Crippen LogP contribution in [0.2, 0.25) is 0 Å². The van der Waals surface area contributed by atoms with E-state index >= 15 is 0 Å². The first-order chi connectivity index (χ1) is 24.0. The number of carbonyl (C=O) groups excluding carboxylic acids is 2. The Balaban J connectivity index is 0. The Bertz CT molecular complexity index is 893. The maximum Gasteiger partial charge on any atom is 2.00 e. The number of nitrogens with zero attached hydrogens (tertiary/aromatic N) is 1. The number of para-hydroxylation sites is 2. The zero-order valence-corrected chi connectivity index (χ0v) is 34.2. The van der Waals surface area contributed by atoms with E-state index in [1.165, 1.54) is 167 Å². The van der Waals surface area contributed by atoms with E-state index in [0.717, 1.165) is 36.7 Å². The SMILES string of the molecule is CCCCCCCCCCCCCCCCCC(=O)[O-].CCCCCCCCCCCCCCCCCC(=O)[O-].[Mg+2].c1ccc2[nH]cnc2c1. The van der Waals surface area contributed by atoms with Crippen molar-refractivity contribution in [3.8, 4) is 0 Å². The number of carboxylic acids is 2. The first-order valence-corrected chi connectivity index (χ1v) is 20.8. The topological polar surface area (TPSA) is 109 Å². The zero-order valence-electron chi connectivity index (χ0n) is 32.8. The minimum atomic E-state index is -0.903. The number of H-pyrrole nitrogens is 1. The summed E-state index contributed by atoms with van der Waals surface area (Å²) in [5, 5.41) is 20.4. The van der Waals surface area contributed by atoms with E-state index in [1.807, 2.05) is 24.3 Å². The van der Waals surface area contributed by atoms with E-state index in [-0.39, 0.29) is 35.9 Å². The number of imidazole rings is 1. The number of nitrogens with one attached hydrogen (secondary N) is 1. The van der Waals surface area contributed by atoms with Gasteiger partial charge >= 0.3 is 23.1 Å². The fourth-order valence-electron chi connectivity index (χ4n) is 6.16. The van der Waals surface area contributed by atoms with Gasteiger partial charge in [-0.25, -0.2) is 4.98 Å². The summed E-state index contributed by atoms with van der Waals surface area (Å²) in [6.07, 6.45) is 41.4. The Hall–Kier alpha value is -1.60. The van der Waals surface area contributed by atoms with Gasteiger partial charge in [0.25, 0.3) is 0 Å². The molecule has 284 valence electrons. The molecule has 0 aliphatic heterocycles. The van der Waals surface area contributed by atoms with Gasteiger partial charge in [0.15, 0.2) is 0 Å². The van der Waals surface area contributed by atoms with Crippen molar-refractivity contribution in [3.63, 3.8) is 0 Å². The van der Waals surface area contributed by atoms with Crippen molar-refractivity contribution >= 4 is 46.0 Å². The first-order valence-electron chi connectivity index (χ1n) is 20.8. The molecule has 0 amide bonds. The Morgan fingerprint density at radius 1 is 0.480 bits per heavy atom. The molecule has 0 aliphatic carbocycles. The summed E-state index contributed by atoms with van der Waals surface area (Å²) >= 11 is 0. The predicted molar refractivity (Wildman–Crippen MR) is 211 cm³/mol. The normalized spacial score (nSPS) is 10.5. The van der Waals surface area contributed by atoms with E-state index in [4.69, 9.17) is 0 Å². The van der Waals surface area contributed by atoms with Crippen LogP contribution in [0.5, 0.6) is 0 Å². The Morgan fingerprint density at radius 3 is 1.04 bits per heavy atom. The van der Waals surface area contributed by atoms with Gasteiger partial charge in [-0.2, -0.15) is 0 Å². The van der Waals surface area contributed by atoms with E-state index < -0.39 is 11.9 Å². The molecule has 1 aromatic heterocycles. The summed E-state index contributed by atoms with van der Waals surface area (Å²) in [5.41, 5.74) is 2.12. The third kappa shape index (κ3) is 39.2. The van der Waals surface area contributed by atoms with E-state index in [0.29, 0.717) is 0 Å². The van der Waals surface area contributed by atoms with Crippen molar-refractivity contribution in [1.29, 1.82) is 0 Å². The quantitative estimate of drug-likeness (QED) is 0.0601. The van der Waals surface area contributed by atoms with Crippen LogP contribution < -0.4 is 10.2 Å². The molecule has 2 rings (SSSR count). The van der Waals surface area contributed by atoms with Crippen LogP contribution in [-0.2, 0) is 9.59 Å². The maximum absolute atomic E-state index is 10.2. The molecule has 0 fully saturated rings. The maximum atomic E-state index is 10.2. The van der Waals surface area contributed by atoms with Gasteiger partial charge in [0.2, 0.25) is 0 Å². The fraction of sp³-hybridized carbons (Fsp3) is 0.791. The molecule has 0 aliphatic rings. The molecular weight excluding hydrogens is 633 g/mol. The van der Waals surface area contributed by atoms with Crippen LogP contribution in [0.1, 0.15) is 219 Å². The fourth-order valence-corrected chi connectivity index (χ4v) is 6.16. The van der Waals surface area contributed by atoms with Crippen molar-refractivity contribution in [2.45, 2.75) is 219 Å². The van der Waals surface area contributed by atoms with E-state index in [9.17, 15) is 19.8 Å². The standard InChI is InChI=1S/2C18H36O2.C7H6N2.Mg/c2*1-2-3-4-5-6-7-8-9-10-11-12-13-14-15-16-17-18(19)20;1-2-4-7-6(3-1)8-5-9-7;/h2*2-17H2,1H3,(H,19,20);1-5H,(H,8,9);/q;;;+2/p-2. The number of hydrogen-bond acceptors (Lipinski definition) is 5. The van der Waals surface area contributed by atoms with Crippen LogP contribution in [0.3, 0.4) is 0 Å². The largest absolute Gasteiger partial charge is 2.00 e. The van der Waals surface area contributed by atoms with Gasteiger partial charge in [-0.05, 0) is 37.8 Å². The number of carbonyl (C=O) groups is 2. The molecule has 1 heterocycles. The van der Waals surface area contributed by atoms with Gasteiger partial charge in [-0.3, -0.25) is 0 Å². The van der Waals surface area contributed by atoms with E-state index in [1.54, 1.807) is 6.33 Å². The number of rotatable bonds is 32. The third-order valence-electron chi connectivity index (χ3n) is 9.30. The number of aliphatic carboxylic acids is 2. The minimum Gasteiger partial charge on any atom is -0.550 e. The van der Waals surface area contributed by atoms with Gasteiger partial charge in [-0.1, -0.05) is 206 Å². The van der Waals surface area contributed by atoms with Crippen LogP contribution in [0.15, 0.2) is 30.6 Å². The number of carboxylic acid groups (broad SMARTS) is 2. The van der Waals surface area contributed by atoms with Crippen LogP contribution in [0.4, 0.5) is 0 Å². The molecule has 1 N–H and O–H groups in total. The minimum absolute atomic E-state index is 0. The molecule has 0 bridgehead atoms. The van der Waals surface area contributed by atoms with Gasteiger partial charge in [0, 0.05) is 11.9 Å². The second-order valence-electron chi connectivity index (χ2n) is 14.1. The number of hydrogen-bond donors (Lipinski definition) is 1. The summed E-state index contributed by atoms with van der Waals surface area (Å²) in [5.74, 6) is -1.81. The average Bonchev–Trinajstić information content (AvgIpc) is 3.58. The van der Waals surface area contributed by atoms with Crippen molar-refractivity contribution in [3.05, 3.63) is 30.6 Å². The van der Waals surface area contributed by atoms with Crippen LogP contribution >= 0.6 is 0 Å². The smallest absolute Gasteiger partial charge is 0.550 e. The number of aromatic amines is 1. The molecule has 0 saturated heterocycles. The molecule has 2 aromatic rings. The average molecular weight is 709 g/mol. The van der Waals surface area contributed by atoms with Gasteiger partial charge < -0.3 is 24.8 Å². The molecule has 1 aromatic carbocycles. The summed E-state index contributed by atoms with van der Waals surface area (Å²) in [6.45, 7) is 4.53. The molecule has 6 nitrogen and oxygen atoms in total. The first kappa shape index (κ1) is 50.5. The van der Waals surface area contributed by atoms with Crippen LogP contribution in [0.25, 0.3) is 11.0 Å². The van der Waals surface area contributed by atoms with E-state index in [2.05, 4.69) is 23.8 Å². The van der Waals surface area contributed by atoms with Crippen molar-refractivity contribution < 1.29 is 19.8 Å². The summed E-state index contributed by atoms with van der Waals surface area (Å²) in [6, 6.07) is 7.94. The number of fused-ring (bicyclic) bond motifs is 1. The Labute approximate surface area is 324 Å². The summed E-state index contributed by atoms with van der Waals surface area (Å²) < 4.78 is 0. The van der Waals surface area contributed by atoms with Crippen LogP contribution in [0, 0.1) is 0 Å². The number of aromatic nitrogens is 2. The third-order valence-corrected chi connectivity index (χ3v) is 9.30. The molecule has 7 heteroatoms. The van der Waals surface area contributed by atoms with Gasteiger partial charge in [-0.15, -0.1) is 0 Å². The van der Waals surface area contributed by atoms with Crippen molar-refractivity contribution in [2.75, 3.05) is 0 Å². The molecule has 0 unspecified atom stereocenters. The number of unbranched alkanes of at least 4 members (excludes halogenated alkanes) is 28. The molecular formula is C43H76MgN2O4. The Morgan fingerprint density at radius 2 is 0.760 bits per heavy atom. The monoisotopic (exact) mass is 709 g/mol. The molecule has 50 heavy (non-hydrogen) atoms. The second-order valence-corrected chi connectivity index (χ2v) is 14.1. The van der Waals surface area contributed by atoms with Crippen LogP contribution in [-0.4, -0.2) is 45.0 Å². The molecule has 0 atom stereocenters. The van der Waals surface area contributed by atoms with Gasteiger partial charge in [0.1, 0.15) is 0 Å². The Kier molecular flexibility index (Phi) is 42.2. The van der Waals surface area contributed by atoms with Crippen molar-refractivity contribution in [2.24, 2.45) is 0 Å². The number of benzene rings is 1. The molecule has 0 saturated carbocycles. The summed E-state index contributed by atoms with van der Waals surface area (Å²) in [7, 11) is 0. The molecule has 0 spiro atoms. The second kappa shape index (κ2) is 41.8. The van der Waals surface area contributed by atoms with Crippen molar-refractivity contribution in [1.82, 2.24) is 9.97 Å². The zero-order chi connectivity index (χ0) is 35.9. The summed E-state index contributed by atoms with van der Waals surface area (Å²) in [4.78, 5) is 27.5. The predicted octanol–water partition coefficient (Wildman–Crippen LogP) is 11.2. The van der Waals surface area contributed by atoms with Gasteiger partial charge in [0.05, 0.1) is 17.4 Å².